The normalized spacial score (nSPS) is 22.5. The number of carbonyl (C=O) groups is 1. The van der Waals surface area contributed by atoms with Crippen molar-refractivity contribution in [3.8, 4) is 0 Å². The van der Waals surface area contributed by atoms with Crippen LogP contribution in [0.5, 0.6) is 0 Å². The summed E-state index contributed by atoms with van der Waals surface area (Å²) in [5.41, 5.74) is 0.869. The monoisotopic (exact) mass is 274 g/mol. The summed E-state index contributed by atoms with van der Waals surface area (Å²) in [6.45, 7) is 1.86. The molecule has 7 heteroatoms. The first kappa shape index (κ1) is 12.5. The lowest BCUT2D eigenvalue weighted by atomic mass is 10.1. The lowest BCUT2D eigenvalue weighted by Gasteiger charge is -2.06. The molecule has 0 spiro atoms. The Balaban J connectivity index is 1.86. The van der Waals surface area contributed by atoms with Crippen molar-refractivity contribution in [3.05, 3.63) is 11.1 Å². The third kappa shape index (κ3) is 3.50. The van der Waals surface area contributed by atoms with Gasteiger partial charge in [-0.25, -0.2) is 13.4 Å². The van der Waals surface area contributed by atoms with E-state index in [9.17, 15) is 13.2 Å². The van der Waals surface area contributed by atoms with Gasteiger partial charge in [0.2, 0.25) is 5.91 Å². The molecule has 1 aliphatic rings. The Hall–Kier alpha value is -0.950. The maximum atomic E-state index is 11.6. The van der Waals surface area contributed by atoms with Crippen molar-refractivity contribution >= 4 is 32.2 Å². The van der Waals surface area contributed by atoms with E-state index in [0.717, 1.165) is 5.69 Å². The van der Waals surface area contributed by atoms with Crippen LogP contribution in [0, 0.1) is 12.8 Å². The van der Waals surface area contributed by atoms with Gasteiger partial charge in [-0.05, 0) is 19.3 Å². The number of carbonyl (C=O) groups excluding carboxylic acids is 1. The van der Waals surface area contributed by atoms with Gasteiger partial charge in [0, 0.05) is 11.8 Å². The van der Waals surface area contributed by atoms with E-state index >= 15 is 0 Å². The highest BCUT2D eigenvalue weighted by Gasteiger charge is 2.29. The maximum absolute atomic E-state index is 11.6. The van der Waals surface area contributed by atoms with Crippen molar-refractivity contribution in [2.75, 3.05) is 16.8 Å². The molecule has 0 aliphatic carbocycles. The number of aromatic nitrogens is 1. The van der Waals surface area contributed by atoms with E-state index < -0.39 is 9.84 Å². The van der Waals surface area contributed by atoms with Crippen molar-refractivity contribution in [2.24, 2.45) is 5.92 Å². The molecule has 1 fully saturated rings. The highest BCUT2D eigenvalue weighted by Crippen LogP contribution is 2.22. The zero-order valence-corrected chi connectivity index (χ0v) is 11.1. The Morgan fingerprint density at radius 2 is 2.41 bits per heavy atom. The SMILES string of the molecule is Cc1csc(NC(=O)C[C@@H]2CCS(=O)(=O)C2)n1. The largest absolute Gasteiger partial charge is 0.302 e. The number of nitrogens with one attached hydrogen (secondary N) is 1. The molecule has 5 nitrogen and oxygen atoms in total. The van der Waals surface area contributed by atoms with E-state index in [-0.39, 0.29) is 29.8 Å². The quantitative estimate of drug-likeness (QED) is 0.899. The van der Waals surface area contributed by atoms with Gasteiger partial charge in [-0.2, -0.15) is 0 Å². The van der Waals surface area contributed by atoms with Crippen molar-refractivity contribution in [1.82, 2.24) is 4.98 Å². The van der Waals surface area contributed by atoms with E-state index in [0.29, 0.717) is 11.6 Å². The molecule has 94 valence electrons. The molecule has 0 unspecified atom stereocenters. The van der Waals surface area contributed by atoms with Crippen molar-refractivity contribution in [1.29, 1.82) is 0 Å². The molecule has 17 heavy (non-hydrogen) atoms. The first-order valence-corrected chi connectivity index (χ1v) is 8.07. The molecule has 1 saturated heterocycles. The number of anilines is 1. The highest BCUT2D eigenvalue weighted by atomic mass is 32.2. The minimum absolute atomic E-state index is 0.0407. The van der Waals surface area contributed by atoms with Gasteiger partial charge in [0.05, 0.1) is 17.2 Å². The number of aryl methyl sites for hydroxylation is 1. The molecule has 1 atom stereocenters. The van der Waals surface area contributed by atoms with Crippen LogP contribution >= 0.6 is 11.3 Å². The van der Waals surface area contributed by atoms with Gasteiger partial charge in [0.15, 0.2) is 15.0 Å². The second kappa shape index (κ2) is 4.73. The van der Waals surface area contributed by atoms with Gasteiger partial charge < -0.3 is 5.32 Å². The van der Waals surface area contributed by atoms with E-state index in [1.165, 1.54) is 11.3 Å². The fourth-order valence-corrected chi connectivity index (χ4v) is 4.44. The molecular weight excluding hydrogens is 260 g/mol. The van der Waals surface area contributed by atoms with Gasteiger partial charge in [0.1, 0.15) is 0 Å². The highest BCUT2D eigenvalue weighted by molar-refractivity contribution is 7.91. The summed E-state index contributed by atoms with van der Waals surface area (Å²) in [5.74, 6) is 0.154. The number of thiazole rings is 1. The number of amides is 1. The minimum Gasteiger partial charge on any atom is -0.302 e. The summed E-state index contributed by atoms with van der Waals surface area (Å²) >= 11 is 1.37. The van der Waals surface area contributed by atoms with E-state index in [4.69, 9.17) is 0 Å². The molecule has 0 aromatic carbocycles. The summed E-state index contributed by atoms with van der Waals surface area (Å²) < 4.78 is 22.5. The van der Waals surface area contributed by atoms with Crippen LogP contribution in [0.2, 0.25) is 0 Å². The van der Waals surface area contributed by atoms with Crippen LogP contribution in [0.1, 0.15) is 18.5 Å². The number of rotatable bonds is 3. The predicted octanol–water partition coefficient (Wildman–Crippen LogP) is 1.21. The first-order valence-electron chi connectivity index (χ1n) is 5.37. The van der Waals surface area contributed by atoms with E-state index in [2.05, 4.69) is 10.3 Å². The summed E-state index contributed by atoms with van der Waals surface area (Å²) in [5, 5.41) is 5.12. The van der Waals surface area contributed by atoms with Crippen molar-refractivity contribution < 1.29 is 13.2 Å². The smallest absolute Gasteiger partial charge is 0.226 e. The maximum Gasteiger partial charge on any atom is 0.226 e. The van der Waals surface area contributed by atoms with Crippen LogP contribution in [0.4, 0.5) is 5.13 Å². The Morgan fingerprint density at radius 1 is 1.65 bits per heavy atom. The molecule has 1 aliphatic heterocycles. The van der Waals surface area contributed by atoms with E-state index in [1.54, 1.807) is 0 Å². The standard InChI is InChI=1S/C10H14N2O3S2/c1-7-5-16-10(11-7)12-9(13)4-8-2-3-17(14,15)6-8/h5,8H,2-4,6H2,1H3,(H,11,12,13)/t8-/m0/s1. The summed E-state index contributed by atoms with van der Waals surface area (Å²) in [6, 6.07) is 0. The predicted molar refractivity (Wildman–Crippen MR) is 66.9 cm³/mol. The van der Waals surface area contributed by atoms with Gasteiger partial charge in [-0.3, -0.25) is 4.79 Å². The van der Waals surface area contributed by atoms with E-state index in [1.807, 2.05) is 12.3 Å². The fraction of sp³-hybridized carbons (Fsp3) is 0.600. The van der Waals surface area contributed by atoms with Crippen LogP contribution in [0.3, 0.4) is 0 Å². The average molecular weight is 274 g/mol. The minimum atomic E-state index is -2.90. The average Bonchev–Trinajstić information content (AvgIpc) is 2.73. The molecule has 1 aromatic heterocycles. The molecule has 2 heterocycles. The third-order valence-electron chi connectivity index (χ3n) is 2.67. The number of hydrogen-bond donors (Lipinski definition) is 1. The van der Waals surface area contributed by atoms with Gasteiger partial charge in [0.25, 0.3) is 0 Å². The Bertz CT molecular complexity index is 521. The van der Waals surface area contributed by atoms with Crippen molar-refractivity contribution in [2.45, 2.75) is 19.8 Å². The molecule has 0 saturated carbocycles. The Kier molecular flexibility index (Phi) is 3.48. The summed E-state index contributed by atoms with van der Waals surface area (Å²) in [7, 11) is -2.90. The Labute approximate surface area is 104 Å². The van der Waals surface area contributed by atoms with Crippen LogP contribution in [-0.4, -0.2) is 30.8 Å². The second-order valence-electron chi connectivity index (χ2n) is 4.32. The number of nitrogens with zero attached hydrogens (tertiary/aromatic N) is 1. The van der Waals surface area contributed by atoms with Crippen LogP contribution in [0.25, 0.3) is 0 Å². The lowest BCUT2D eigenvalue weighted by molar-refractivity contribution is -0.116. The number of hydrogen-bond acceptors (Lipinski definition) is 5. The molecular formula is C10H14N2O3S2. The van der Waals surface area contributed by atoms with Gasteiger partial charge in [-0.1, -0.05) is 0 Å². The summed E-state index contributed by atoms with van der Waals surface area (Å²) in [4.78, 5) is 15.8. The zero-order chi connectivity index (χ0) is 12.5. The topological polar surface area (TPSA) is 76.1 Å². The van der Waals surface area contributed by atoms with Crippen LogP contribution in [0.15, 0.2) is 5.38 Å². The molecule has 1 amide bonds. The van der Waals surface area contributed by atoms with Crippen LogP contribution < -0.4 is 5.32 Å². The fourth-order valence-electron chi connectivity index (χ4n) is 1.88. The zero-order valence-electron chi connectivity index (χ0n) is 9.47. The Morgan fingerprint density at radius 3 is 2.94 bits per heavy atom. The van der Waals surface area contributed by atoms with Crippen molar-refractivity contribution in [3.63, 3.8) is 0 Å². The summed E-state index contributed by atoms with van der Waals surface area (Å²) in [6.07, 6.45) is 0.852. The molecule has 0 radical (unpaired) electrons. The van der Waals surface area contributed by atoms with Gasteiger partial charge in [-0.15, -0.1) is 11.3 Å². The van der Waals surface area contributed by atoms with Gasteiger partial charge >= 0.3 is 0 Å². The molecule has 0 bridgehead atoms. The third-order valence-corrected chi connectivity index (χ3v) is 5.38. The number of sulfone groups is 1. The first-order chi connectivity index (χ1) is 7.94. The molecule has 1 N–H and O–H groups in total. The molecule has 1 aromatic rings. The van der Waals surface area contributed by atoms with Crippen LogP contribution in [-0.2, 0) is 14.6 Å². The molecule has 2 rings (SSSR count). The lowest BCUT2D eigenvalue weighted by Crippen LogP contribution is -2.17. The second-order valence-corrected chi connectivity index (χ2v) is 7.40.